The SMILES string of the molecule is C=C(C)/C=C(\N(C)C(C)=O)C(F)(F)F. The van der Waals surface area contributed by atoms with Crippen molar-refractivity contribution in [3.63, 3.8) is 0 Å². The summed E-state index contributed by atoms with van der Waals surface area (Å²) < 4.78 is 37.2. The molecule has 0 saturated heterocycles. The van der Waals surface area contributed by atoms with E-state index in [0.717, 1.165) is 20.0 Å². The van der Waals surface area contributed by atoms with Gasteiger partial charge in [-0.2, -0.15) is 13.2 Å². The number of nitrogens with zero attached hydrogens (tertiary/aromatic N) is 1. The number of carbonyl (C=O) groups excluding carboxylic acids is 1. The lowest BCUT2D eigenvalue weighted by molar-refractivity contribution is -0.138. The summed E-state index contributed by atoms with van der Waals surface area (Å²) in [6, 6.07) is 0. The van der Waals surface area contributed by atoms with Gasteiger partial charge in [0.2, 0.25) is 5.91 Å². The first-order chi connectivity index (χ1) is 6.16. The minimum atomic E-state index is -4.54. The smallest absolute Gasteiger partial charge is 0.311 e. The van der Waals surface area contributed by atoms with Crippen molar-refractivity contribution in [1.29, 1.82) is 0 Å². The summed E-state index contributed by atoms with van der Waals surface area (Å²) in [5, 5.41) is 0. The molecule has 0 rings (SSSR count). The van der Waals surface area contributed by atoms with Crippen LogP contribution >= 0.6 is 0 Å². The minimum Gasteiger partial charge on any atom is -0.311 e. The Morgan fingerprint density at radius 3 is 2.00 bits per heavy atom. The maximum Gasteiger partial charge on any atom is 0.431 e. The quantitative estimate of drug-likeness (QED) is 0.637. The molecule has 0 aliphatic carbocycles. The maximum atomic E-state index is 12.4. The van der Waals surface area contributed by atoms with E-state index in [2.05, 4.69) is 6.58 Å². The Morgan fingerprint density at radius 2 is 1.79 bits per heavy atom. The lowest BCUT2D eigenvalue weighted by atomic mass is 10.2. The molecular formula is C9H12F3NO. The Kier molecular flexibility index (Phi) is 3.92. The van der Waals surface area contributed by atoms with Gasteiger partial charge in [0, 0.05) is 14.0 Å². The van der Waals surface area contributed by atoms with Gasteiger partial charge in [-0.3, -0.25) is 4.79 Å². The van der Waals surface area contributed by atoms with Gasteiger partial charge in [-0.15, -0.1) is 0 Å². The number of hydrogen-bond acceptors (Lipinski definition) is 1. The Bertz CT molecular complexity index is 278. The average molecular weight is 207 g/mol. The topological polar surface area (TPSA) is 20.3 Å². The molecule has 0 aliphatic rings. The predicted molar refractivity (Wildman–Crippen MR) is 47.4 cm³/mol. The van der Waals surface area contributed by atoms with Crippen molar-refractivity contribution in [2.24, 2.45) is 0 Å². The number of alkyl halides is 3. The lowest BCUT2D eigenvalue weighted by Crippen LogP contribution is -2.32. The zero-order valence-corrected chi connectivity index (χ0v) is 8.27. The first-order valence-electron chi connectivity index (χ1n) is 3.85. The molecule has 0 saturated carbocycles. The van der Waals surface area contributed by atoms with Gasteiger partial charge in [-0.1, -0.05) is 12.2 Å². The Hall–Kier alpha value is -1.26. The standard InChI is InChI=1S/C9H12F3NO/c1-6(2)5-8(9(10,11)12)13(4)7(3)14/h5H,1H2,2-4H3/b8-5-. The van der Waals surface area contributed by atoms with Gasteiger partial charge in [0.25, 0.3) is 0 Å². The van der Waals surface area contributed by atoms with Crippen LogP contribution in [0.4, 0.5) is 13.2 Å². The largest absolute Gasteiger partial charge is 0.431 e. The maximum absolute atomic E-state index is 12.4. The molecule has 0 unspecified atom stereocenters. The third-order valence-electron chi connectivity index (χ3n) is 1.51. The van der Waals surface area contributed by atoms with Gasteiger partial charge in [0.1, 0.15) is 5.70 Å². The fraction of sp³-hybridized carbons (Fsp3) is 0.444. The van der Waals surface area contributed by atoms with Crippen LogP contribution in [0.25, 0.3) is 0 Å². The van der Waals surface area contributed by atoms with Gasteiger partial charge in [-0.05, 0) is 13.0 Å². The van der Waals surface area contributed by atoms with Crippen LogP contribution in [0.3, 0.4) is 0 Å². The fourth-order valence-corrected chi connectivity index (χ4v) is 0.772. The number of carbonyl (C=O) groups is 1. The third-order valence-corrected chi connectivity index (χ3v) is 1.51. The van der Waals surface area contributed by atoms with E-state index in [9.17, 15) is 18.0 Å². The van der Waals surface area contributed by atoms with Crippen molar-refractivity contribution in [2.75, 3.05) is 7.05 Å². The highest BCUT2D eigenvalue weighted by Gasteiger charge is 2.37. The summed E-state index contributed by atoms with van der Waals surface area (Å²) in [7, 11) is 1.07. The van der Waals surface area contributed by atoms with E-state index in [1.165, 1.54) is 6.92 Å². The zero-order valence-electron chi connectivity index (χ0n) is 8.27. The van der Waals surface area contributed by atoms with Gasteiger partial charge in [0.15, 0.2) is 0 Å². The molecular weight excluding hydrogens is 195 g/mol. The van der Waals surface area contributed by atoms with E-state index < -0.39 is 17.8 Å². The normalized spacial score (nSPS) is 12.6. The molecule has 0 aromatic rings. The monoisotopic (exact) mass is 207 g/mol. The second-order valence-corrected chi connectivity index (χ2v) is 2.95. The van der Waals surface area contributed by atoms with E-state index in [0.29, 0.717) is 4.90 Å². The van der Waals surface area contributed by atoms with Crippen molar-refractivity contribution in [3.8, 4) is 0 Å². The Balaban J connectivity index is 5.13. The predicted octanol–water partition coefficient (Wildman–Crippen LogP) is 2.49. The van der Waals surface area contributed by atoms with Crippen molar-refractivity contribution in [3.05, 3.63) is 23.9 Å². The van der Waals surface area contributed by atoms with Crippen LogP contribution in [0.2, 0.25) is 0 Å². The fourth-order valence-electron chi connectivity index (χ4n) is 0.772. The molecule has 0 aromatic carbocycles. The highest BCUT2D eigenvalue weighted by atomic mass is 19.4. The molecule has 14 heavy (non-hydrogen) atoms. The van der Waals surface area contributed by atoms with Crippen molar-refractivity contribution >= 4 is 5.91 Å². The van der Waals surface area contributed by atoms with E-state index in [-0.39, 0.29) is 5.57 Å². The summed E-state index contributed by atoms with van der Waals surface area (Å²) in [5.41, 5.74) is -0.761. The van der Waals surface area contributed by atoms with Gasteiger partial charge >= 0.3 is 6.18 Å². The molecule has 2 nitrogen and oxygen atoms in total. The van der Waals surface area contributed by atoms with Crippen LogP contribution in [0, 0.1) is 0 Å². The minimum absolute atomic E-state index is 0.241. The molecule has 0 radical (unpaired) electrons. The highest BCUT2D eigenvalue weighted by molar-refractivity contribution is 5.75. The number of allylic oxidation sites excluding steroid dienone is 3. The third kappa shape index (κ3) is 3.64. The first-order valence-corrected chi connectivity index (χ1v) is 3.85. The van der Waals surface area contributed by atoms with Crippen molar-refractivity contribution in [1.82, 2.24) is 4.90 Å². The molecule has 0 aliphatic heterocycles. The van der Waals surface area contributed by atoms with E-state index in [1.807, 2.05) is 0 Å². The number of halogens is 3. The molecule has 0 N–H and O–H groups in total. The number of hydrogen-bond donors (Lipinski definition) is 0. The molecule has 1 amide bonds. The molecule has 0 aromatic heterocycles. The van der Waals surface area contributed by atoms with Gasteiger partial charge in [-0.25, -0.2) is 0 Å². The first kappa shape index (κ1) is 12.7. The molecule has 0 fully saturated rings. The zero-order chi connectivity index (χ0) is 11.5. The molecule has 0 heterocycles. The Morgan fingerprint density at radius 1 is 1.36 bits per heavy atom. The van der Waals surface area contributed by atoms with Crippen LogP contribution in [-0.2, 0) is 4.79 Å². The summed E-state index contributed by atoms with van der Waals surface area (Å²) in [5.74, 6) is -0.671. The van der Waals surface area contributed by atoms with Crippen LogP contribution in [-0.4, -0.2) is 24.0 Å². The van der Waals surface area contributed by atoms with Gasteiger partial charge in [0.05, 0.1) is 0 Å². The van der Waals surface area contributed by atoms with Crippen molar-refractivity contribution < 1.29 is 18.0 Å². The van der Waals surface area contributed by atoms with Gasteiger partial charge < -0.3 is 4.90 Å². The van der Waals surface area contributed by atoms with E-state index in [1.54, 1.807) is 0 Å². The highest BCUT2D eigenvalue weighted by Crippen LogP contribution is 2.28. The summed E-state index contributed by atoms with van der Waals surface area (Å²) in [6.45, 7) is 5.83. The van der Waals surface area contributed by atoms with Crippen LogP contribution in [0.1, 0.15) is 13.8 Å². The molecule has 5 heteroatoms. The summed E-state index contributed by atoms with van der Waals surface area (Å²) in [4.78, 5) is 11.3. The molecule has 80 valence electrons. The average Bonchev–Trinajstić information content (AvgIpc) is 1.96. The Labute approximate surface area is 80.7 Å². The van der Waals surface area contributed by atoms with Crippen LogP contribution in [0.5, 0.6) is 0 Å². The molecule has 0 bridgehead atoms. The molecule has 0 atom stereocenters. The molecule has 0 spiro atoms. The second kappa shape index (κ2) is 4.30. The second-order valence-electron chi connectivity index (χ2n) is 2.95. The van der Waals surface area contributed by atoms with Crippen molar-refractivity contribution in [2.45, 2.75) is 20.0 Å². The van der Waals surface area contributed by atoms with E-state index >= 15 is 0 Å². The van der Waals surface area contributed by atoms with Crippen LogP contribution in [0.15, 0.2) is 23.9 Å². The summed E-state index contributed by atoms with van der Waals surface area (Å²) in [6.07, 6.45) is -3.71. The number of amides is 1. The van der Waals surface area contributed by atoms with E-state index in [4.69, 9.17) is 0 Å². The lowest BCUT2D eigenvalue weighted by Gasteiger charge is -2.21. The van der Waals surface area contributed by atoms with Crippen LogP contribution < -0.4 is 0 Å². The number of rotatable bonds is 2. The summed E-state index contributed by atoms with van der Waals surface area (Å²) >= 11 is 0.